The number of thiocarbonyl (C=S) groups is 1. The molecule has 1 atom stereocenters. The molecule has 4 nitrogen and oxygen atoms in total. The van der Waals surface area contributed by atoms with Crippen LogP contribution in [-0.4, -0.2) is 13.4 Å². The van der Waals surface area contributed by atoms with E-state index in [0.29, 0.717) is 4.88 Å². The molecular weight excluding hydrogens is 312 g/mol. The van der Waals surface area contributed by atoms with E-state index in [1.54, 1.807) is 13.0 Å². The van der Waals surface area contributed by atoms with Gasteiger partial charge in [-0.3, -0.25) is 0 Å². The van der Waals surface area contributed by atoms with Crippen molar-refractivity contribution < 1.29 is 8.42 Å². The highest BCUT2D eigenvalue weighted by Crippen LogP contribution is 2.23. The van der Waals surface area contributed by atoms with Crippen LogP contribution in [0.15, 0.2) is 46.7 Å². The van der Waals surface area contributed by atoms with Crippen molar-refractivity contribution in [2.45, 2.75) is 17.2 Å². The molecule has 0 radical (unpaired) electrons. The Balaban J connectivity index is 2.20. The molecule has 20 heavy (non-hydrogen) atoms. The molecule has 1 heterocycles. The van der Waals surface area contributed by atoms with Gasteiger partial charge in [0.2, 0.25) is 0 Å². The van der Waals surface area contributed by atoms with E-state index in [1.807, 2.05) is 30.3 Å². The zero-order valence-electron chi connectivity index (χ0n) is 10.7. The number of rotatable bonds is 5. The minimum Gasteiger partial charge on any atom is -0.389 e. The van der Waals surface area contributed by atoms with Crippen LogP contribution in [0.3, 0.4) is 0 Å². The van der Waals surface area contributed by atoms with Gasteiger partial charge in [-0.1, -0.05) is 42.5 Å². The molecule has 0 bridgehead atoms. The van der Waals surface area contributed by atoms with Crippen molar-refractivity contribution in [3.8, 4) is 0 Å². The summed E-state index contributed by atoms with van der Waals surface area (Å²) in [6, 6.07) is 12.2. The summed E-state index contributed by atoms with van der Waals surface area (Å²) in [5, 5.41) is 0. The van der Waals surface area contributed by atoms with Crippen LogP contribution in [0.1, 0.15) is 23.4 Å². The third-order valence-corrected chi connectivity index (χ3v) is 6.22. The zero-order chi connectivity index (χ0) is 14.8. The standard InChI is InChI=1S/C13H14N2O2S3/c1-9(10-5-3-2-4-6-10)15-20(16,17)12-8-7-11(19-12)13(14)18/h2-9,15H,1H3,(H2,14,18). The maximum Gasteiger partial charge on any atom is 0.250 e. The second-order valence-corrected chi connectivity index (χ2v) is 7.70. The summed E-state index contributed by atoms with van der Waals surface area (Å²) in [7, 11) is -3.57. The van der Waals surface area contributed by atoms with Crippen molar-refractivity contribution in [1.82, 2.24) is 4.72 Å². The topological polar surface area (TPSA) is 72.2 Å². The van der Waals surface area contributed by atoms with Crippen LogP contribution in [0, 0.1) is 0 Å². The number of thiophene rings is 1. The monoisotopic (exact) mass is 326 g/mol. The normalized spacial score (nSPS) is 13.1. The van der Waals surface area contributed by atoms with E-state index >= 15 is 0 Å². The number of benzene rings is 1. The van der Waals surface area contributed by atoms with Crippen molar-refractivity contribution in [2.24, 2.45) is 5.73 Å². The molecule has 1 aromatic heterocycles. The summed E-state index contributed by atoms with van der Waals surface area (Å²) < 4.78 is 27.4. The molecule has 0 spiro atoms. The minimum absolute atomic E-state index is 0.201. The van der Waals surface area contributed by atoms with E-state index in [1.165, 1.54) is 6.07 Å². The van der Waals surface area contributed by atoms with Gasteiger partial charge in [-0.15, -0.1) is 11.3 Å². The highest BCUT2D eigenvalue weighted by atomic mass is 32.2. The molecule has 0 aliphatic rings. The average molecular weight is 326 g/mol. The van der Waals surface area contributed by atoms with Crippen LogP contribution in [-0.2, 0) is 10.0 Å². The van der Waals surface area contributed by atoms with Gasteiger partial charge in [0.25, 0.3) is 10.0 Å². The number of nitrogens with one attached hydrogen (secondary N) is 1. The molecule has 0 saturated carbocycles. The fourth-order valence-corrected chi connectivity index (χ4v) is 4.30. The van der Waals surface area contributed by atoms with Crippen molar-refractivity contribution in [2.75, 3.05) is 0 Å². The Bertz CT molecular complexity index is 708. The Kier molecular flexibility index (Phi) is 4.54. The lowest BCUT2D eigenvalue weighted by atomic mass is 10.1. The van der Waals surface area contributed by atoms with E-state index < -0.39 is 10.0 Å². The summed E-state index contributed by atoms with van der Waals surface area (Å²) in [5.74, 6) is 0. The predicted molar refractivity (Wildman–Crippen MR) is 85.4 cm³/mol. The Hall–Kier alpha value is -1.28. The molecule has 2 aromatic rings. The van der Waals surface area contributed by atoms with Crippen molar-refractivity contribution in [3.05, 3.63) is 52.9 Å². The van der Waals surface area contributed by atoms with Crippen LogP contribution in [0.5, 0.6) is 0 Å². The summed E-state index contributed by atoms with van der Waals surface area (Å²) in [5.41, 5.74) is 6.39. The molecule has 0 aliphatic carbocycles. The molecule has 3 N–H and O–H groups in total. The van der Waals surface area contributed by atoms with Crippen LogP contribution in [0.4, 0.5) is 0 Å². The first-order chi connectivity index (χ1) is 9.40. The SMILES string of the molecule is CC(NS(=O)(=O)c1ccc(C(N)=S)s1)c1ccccc1. The number of nitrogens with two attached hydrogens (primary N) is 1. The maximum absolute atomic E-state index is 12.3. The van der Waals surface area contributed by atoms with Crippen LogP contribution in [0.25, 0.3) is 0 Å². The second-order valence-electron chi connectivity index (χ2n) is 4.24. The first-order valence-electron chi connectivity index (χ1n) is 5.87. The summed E-state index contributed by atoms with van der Waals surface area (Å²) in [6.07, 6.45) is 0. The van der Waals surface area contributed by atoms with E-state index in [2.05, 4.69) is 4.72 Å². The predicted octanol–water partition coefficient (Wildman–Crippen LogP) is 2.42. The Morgan fingerprint density at radius 1 is 1.25 bits per heavy atom. The van der Waals surface area contributed by atoms with Crippen LogP contribution in [0.2, 0.25) is 0 Å². The van der Waals surface area contributed by atoms with Gasteiger partial charge in [0.15, 0.2) is 0 Å². The zero-order valence-corrected chi connectivity index (χ0v) is 13.2. The van der Waals surface area contributed by atoms with E-state index in [4.69, 9.17) is 18.0 Å². The fourth-order valence-electron chi connectivity index (χ4n) is 1.70. The second kappa shape index (κ2) is 6.01. The first kappa shape index (κ1) is 15.1. The van der Waals surface area contributed by atoms with Crippen molar-refractivity contribution >= 4 is 38.6 Å². The lowest BCUT2D eigenvalue weighted by Gasteiger charge is -2.13. The molecule has 1 aromatic carbocycles. The van der Waals surface area contributed by atoms with Gasteiger partial charge in [0.1, 0.15) is 9.20 Å². The third kappa shape index (κ3) is 3.43. The van der Waals surface area contributed by atoms with Gasteiger partial charge >= 0.3 is 0 Å². The van der Waals surface area contributed by atoms with Gasteiger partial charge in [0.05, 0.1) is 4.88 Å². The van der Waals surface area contributed by atoms with Crippen molar-refractivity contribution in [3.63, 3.8) is 0 Å². The molecule has 106 valence electrons. The number of hydrogen-bond acceptors (Lipinski definition) is 4. The smallest absolute Gasteiger partial charge is 0.250 e. The summed E-state index contributed by atoms with van der Waals surface area (Å²) in [4.78, 5) is 0.792. The number of sulfonamides is 1. The number of hydrogen-bond donors (Lipinski definition) is 2. The summed E-state index contributed by atoms with van der Waals surface area (Å²) in [6.45, 7) is 1.80. The quantitative estimate of drug-likeness (QED) is 0.828. The largest absolute Gasteiger partial charge is 0.389 e. The molecule has 0 aliphatic heterocycles. The van der Waals surface area contributed by atoms with Gasteiger partial charge in [-0.25, -0.2) is 13.1 Å². The lowest BCUT2D eigenvalue weighted by molar-refractivity contribution is 0.569. The van der Waals surface area contributed by atoms with Crippen LogP contribution < -0.4 is 10.5 Å². The molecule has 1 unspecified atom stereocenters. The van der Waals surface area contributed by atoms with Gasteiger partial charge in [-0.2, -0.15) is 0 Å². The van der Waals surface area contributed by atoms with E-state index in [0.717, 1.165) is 16.9 Å². The molecule has 2 rings (SSSR count). The average Bonchev–Trinajstić information content (AvgIpc) is 2.90. The Morgan fingerprint density at radius 2 is 1.90 bits per heavy atom. The van der Waals surface area contributed by atoms with Gasteiger partial charge in [0, 0.05) is 6.04 Å². The lowest BCUT2D eigenvalue weighted by Crippen LogP contribution is -2.26. The van der Waals surface area contributed by atoms with Crippen LogP contribution >= 0.6 is 23.6 Å². The molecule has 7 heteroatoms. The third-order valence-electron chi connectivity index (χ3n) is 2.72. The highest BCUT2D eigenvalue weighted by Gasteiger charge is 2.20. The Labute approximate surface area is 127 Å². The van der Waals surface area contributed by atoms with E-state index in [9.17, 15) is 8.42 Å². The Morgan fingerprint density at radius 3 is 2.45 bits per heavy atom. The maximum atomic E-state index is 12.3. The minimum atomic E-state index is -3.57. The molecule has 0 saturated heterocycles. The first-order valence-corrected chi connectivity index (χ1v) is 8.58. The van der Waals surface area contributed by atoms with Crippen molar-refractivity contribution in [1.29, 1.82) is 0 Å². The van der Waals surface area contributed by atoms with Gasteiger partial charge < -0.3 is 5.73 Å². The molecule has 0 amide bonds. The highest BCUT2D eigenvalue weighted by molar-refractivity contribution is 7.91. The van der Waals surface area contributed by atoms with Gasteiger partial charge in [-0.05, 0) is 24.6 Å². The van der Waals surface area contributed by atoms with E-state index in [-0.39, 0.29) is 15.2 Å². The molecular formula is C13H14N2O2S3. The molecule has 0 fully saturated rings. The summed E-state index contributed by atoms with van der Waals surface area (Å²) >= 11 is 5.90. The fraction of sp³-hybridized carbons (Fsp3) is 0.154.